The van der Waals surface area contributed by atoms with E-state index < -0.39 is 6.09 Å². The van der Waals surface area contributed by atoms with E-state index in [0.717, 1.165) is 37.8 Å². The van der Waals surface area contributed by atoms with Gasteiger partial charge in [-0.05, 0) is 49.7 Å². The number of carbonyl (C=O) groups is 3. The van der Waals surface area contributed by atoms with E-state index in [4.69, 9.17) is 0 Å². The van der Waals surface area contributed by atoms with Gasteiger partial charge in [0, 0.05) is 24.7 Å². The lowest BCUT2D eigenvalue weighted by Crippen LogP contribution is -2.45. The van der Waals surface area contributed by atoms with Crippen LogP contribution in [0.4, 0.5) is 10.5 Å². The Morgan fingerprint density at radius 3 is 2.76 bits per heavy atom. The van der Waals surface area contributed by atoms with Gasteiger partial charge in [0.1, 0.15) is 6.54 Å². The van der Waals surface area contributed by atoms with Crippen molar-refractivity contribution < 1.29 is 19.1 Å². The number of unbranched alkanes of at least 4 members (excludes halogenated alkanes) is 1. The molecule has 2 atom stereocenters. The van der Waals surface area contributed by atoms with Gasteiger partial charge in [0.15, 0.2) is 0 Å². The number of benzene rings is 1. The first-order valence-corrected chi connectivity index (χ1v) is 11.9. The number of rotatable bonds is 13. The third kappa shape index (κ3) is 8.89. The van der Waals surface area contributed by atoms with Gasteiger partial charge in [-0.15, -0.1) is 0 Å². The number of carbonyl (C=O) groups excluding carboxylic acids is 3. The summed E-state index contributed by atoms with van der Waals surface area (Å²) in [5.74, 6) is -0.286. The number of para-hydroxylation sites is 1. The predicted octanol–water partition coefficient (Wildman–Crippen LogP) is 4.30. The van der Waals surface area contributed by atoms with E-state index in [9.17, 15) is 14.4 Å². The SMILES string of the molecule is C=C/C=C\C/C=C\CCC[C@H](NC(=O)CNC(=O)OC)C(C)CC(=O)N1CCc2ccccc21. The van der Waals surface area contributed by atoms with E-state index in [1.807, 2.05) is 42.2 Å². The number of alkyl carbamates (subject to hydrolysis) is 1. The highest BCUT2D eigenvalue weighted by Gasteiger charge is 2.28. The Balaban J connectivity index is 1.94. The number of methoxy groups -OCH3 is 1. The number of allylic oxidation sites excluding steroid dienone is 5. The highest BCUT2D eigenvalue weighted by molar-refractivity contribution is 5.95. The molecule has 34 heavy (non-hydrogen) atoms. The van der Waals surface area contributed by atoms with Crippen LogP contribution >= 0.6 is 0 Å². The molecule has 0 saturated heterocycles. The van der Waals surface area contributed by atoms with Crippen LogP contribution < -0.4 is 15.5 Å². The van der Waals surface area contributed by atoms with Gasteiger partial charge in [-0.2, -0.15) is 0 Å². The minimum atomic E-state index is -0.654. The van der Waals surface area contributed by atoms with Crippen molar-refractivity contribution in [3.05, 3.63) is 66.8 Å². The van der Waals surface area contributed by atoms with Crippen LogP contribution in [0.2, 0.25) is 0 Å². The summed E-state index contributed by atoms with van der Waals surface area (Å²) >= 11 is 0. The first kappa shape index (κ1) is 26.9. The Hall–Kier alpha value is -3.35. The molecule has 1 heterocycles. The predicted molar refractivity (Wildman–Crippen MR) is 136 cm³/mol. The van der Waals surface area contributed by atoms with E-state index in [1.165, 1.54) is 12.7 Å². The molecule has 1 unspecified atom stereocenters. The molecule has 2 N–H and O–H groups in total. The van der Waals surface area contributed by atoms with Gasteiger partial charge in [-0.3, -0.25) is 9.59 Å². The molecule has 0 aliphatic carbocycles. The number of nitrogens with one attached hydrogen (secondary N) is 2. The molecule has 0 fully saturated rings. The molecule has 2 rings (SSSR count). The Morgan fingerprint density at radius 2 is 2.00 bits per heavy atom. The molecule has 7 heteroatoms. The first-order chi connectivity index (χ1) is 16.5. The zero-order valence-corrected chi connectivity index (χ0v) is 20.3. The number of amides is 3. The topological polar surface area (TPSA) is 87.7 Å². The fraction of sp³-hybridized carbons (Fsp3) is 0.444. The quantitative estimate of drug-likeness (QED) is 0.257. The first-order valence-electron chi connectivity index (χ1n) is 11.9. The number of nitrogens with zero attached hydrogens (tertiary/aromatic N) is 1. The number of hydrogen-bond donors (Lipinski definition) is 2. The second-order valence-corrected chi connectivity index (χ2v) is 8.43. The van der Waals surface area contributed by atoms with Crippen LogP contribution in [0.25, 0.3) is 0 Å². The van der Waals surface area contributed by atoms with Crippen molar-refractivity contribution in [2.45, 2.75) is 51.5 Å². The van der Waals surface area contributed by atoms with Gasteiger partial charge in [0.25, 0.3) is 0 Å². The van der Waals surface area contributed by atoms with E-state index in [2.05, 4.69) is 40.2 Å². The second-order valence-electron chi connectivity index (χ2n) is 8.43. The normalized spacial score (nSPS) is 14.6. The van der Waals surface area contributed by atoms with Crippen LogP contribution in [0.3, 0.4) is 0 Å². The second kappa shape index (κ2) is 14.7. The lowest BCUT2D eigenvalue weighted by Gasteiger charge is -2.27. The van der Waals surface area contributed by atoms with Crippen molar-refractivity contribution in [2.24, 2.45) is 5.92 Å². The summed E-state index contributed by atoms with van der Waals surface area (Å²) in [4.78, 5) is 38.6. The molecule has 1 aromatic rings. The van der Waals surface area contributed by atoms with Crippen molar-refractivity contribution in [3.63, 3.8) is 0 Å². The van der Waals surface area contributed by atoms with Gasteiger partial charge < -0.3 is 20.3 Å². The summed E-state index contributed by atoms with van der Waals surface area (Å²) < 4.78 is 4.52. The third-order valence-corrected chi connectivity index (χ3v) is 5.89. The molecule has 0 bridgehead atoms. The summed E-state index contributed by atoms with van der Waals surface area (Å²) in [5, 5.41) is 5.40. The minimum absolute atomic E-state index is 0.0538. The smallest absolute Gasteiger partial charge is 0.407 e. The fourth-order valence-corrected chi connectivity index (χ4v) is 4.03. The lowest BCUT2D eigenvalue weighted by atomic mass is 9.92. The van der Waals surface area contributed by atoms with Gasteiger partial charge in [-0.1, -0.05) is 62.1 Å². The molecule has 3 amide bonds. The zero-order valence-electron chi connectivity index (χ0n) is 20.3. The molecular formula is C27H37N3O4. The van der Waals surface area contributed by atoms with Crippen LogP contribution in [0, 0.1) is 5.92 Å². The van der Waals surface area contributed by atoms with Gasteiger partial charge in [0.05, 0.1) is 7.11 Å². The van der Waals surface area contributed by atoms with Crippen molar-refractivity contribution in [3.8, 4) is 0 Å². The number of anilines is 1. The maximum Gasteiger partial charge on any atom is 0.407 e. The van der Waals surface area contributed by atoms with Gasteiger partial charge >= 0.3 is 6.09 Å². The van der Waals surface area contributed by atoms with Crippen LogP contribution in [-0.4, -0.2) is 44.1 Å². The van der Waals surface area contributed by atoms with Crippen molar-refractivity contribution in [1.29, 1.82) is 0 Å². The van der Waals surface area contributed by atoms with Crippen LogP contribution in [0.1, 0.15) is 44.6 Å². The number of ether oxygens (including phenoxy) is 1. The monoisotopic (exact) mass is 467 g/mol. The molecule has 1 aliphatic rings. The Bertz CT molecular complexity index is 894. The maximum atomic E-state index is 13.1. The highest BCUT2D eigenvalue weighted by atomic mass is 16.5. The molecule has 1 aromatic carbocycles. The molecule has 0 saturated carbocycles. The molecule has 0 aromatic heterocycles. The summed E-state index contributed by atoms with van der Waals surface area (Å²) in [6, 6.07) is 7.81. The maximum absolute atomic E-state index is 13.1. The van der Waals surface area contributed by atoms with Crippen molar-refractivity contribution in [2.75, 3.05) is 25.1 Å². The standard InChI is InChI=1S/C27H37N3O4/c1-4-5-6-7-8-9-10-11-15-23(29-25(31)20-28-27(33)34-3)21(2)19-26(32)30-18-17-22-14-12-13-16-24(22)30/h4-6,8-9,12-14,16,21,23H,1,7,10-11,15,17-20H2,2-3H3,(H,28,33)(H,29,31)/b6-5-,9-8-/t21?,23-/m0/s1. The number of hydrogen-bond acceptors (Lipinski definition) is 4. The average molecular weight is 468 g/mol. The minimum Gasteiger partial charge on any atom is -0.453 e. The Kier molecular flexibility index (Phi) is 11.7. The molecular weight excluding hydrogens is 430 g/mol. The van der Waals surface area contributed by atoms with E-state index in [1.54, 1.807) is 6.08 Å². The van der Waals surface area contributed by atoms with Gasteiger partial charge in [0.2, 0.25) is 11.8 Å². The van der Waals surface area contributed by atoms with E-state index >= 15 is 0 Å². The molecule has 0 radical (unpaired) electrons. The summed E-state index contributed by atoms with van der Waals surface area (Å²) in [7, 11) is 1.25. The van der Waals surface area contributed by atoms with E-state index in [0.29, 0.717) is 13.0 Å². The molecule has 1 aliphatic heterocycles. The van der Waals surface area contributed by atoms with Crippen molar-refractivity contribution in [1.82, 2.24) is 10.6 Å². The third-order valence-electron chi connectivity index (χ3n) is 5.89. The summed E-state index contributed by atoms with van der Waals surface area (Å²) in [5.41, 5.74) is 2.18. The highest BCUT2D eigenvalue weighted by Crippen LogP contribution is 2.29. The van der Waals surface area contributed by atoms with Crippen LogP contribution in [0.5, 0.6) is 0 Å². The largest absolute Gasteiger partial charge is 0.453 e. The Morgan fingerprint density at radius 1 is 1.21 bits per heavy atom. The van der Waals surface area contributed by atoms with E-state index in [-0.39, 0.29) is 30.3 Å². The Labute approximate surface area is 202 Å². The van der Waals surface area contributed by atoms with Crippen LogP contribution in [0.15, 0.2) is 61.2 Å². The summed E-state index contributed by atoms with van der Waals surface area (Å²) in [6.45, 7) is 6.17. The fourth-order valence-electron chi connectivity index (χ4n) is 4.03. The average Bonchev–Trinajstić information content (AvgIpc) is 3.27. The lowest BCUT2D eigenvalue weighted by molar-refractivity contribution is -0.123. The van der Waals surface area contributed by atoms with Gasteiger partial charge in [-0.25, -0.2) is 4.79 Å². The summed E-state index contributed by atoms with van der Waals surface area (Å²) in [6.07, 6.45) is 13.8. The molecule has 0 spiro atoms. The molecule has 7 nitrogen and oxygen atoms in total. The van der Waals surface area contributed by atoms with Crippen LogP contribution in [-0.2, 0) is 20.7 Å². The van der Waals surface area contributed by atoms with Crippen molar-refractivity contribution >= 4 is 23.6 Å². The number of fused-ring (bicyclic) bond motifs is 1. The zero-order chi connectivity index (χ0) is 24.8. The molecule has 184 valence electrons.